The van der Waals surface area contributed by atoms with Crippen molar-refractivity contribution in [2.75, 3.05) is 11.9 Å². The van der Waals surface area contributed by atoms with Gasteiger partial charge in [-0.25, -0.2) is 4.79 Å². The number of urea groups is 1. The fourth-order valence-electron chi connectivity index (χ4n) is 1.78. The Bertz CT molecular complexity index is 606. The number of hydrogen-bond donors (Lipinski definition) is 3. The highest BCUT2D eigenvalue weighted by Crippen LogP contribution is 2.17. The van der Waals surface area contributed by atoms with E-state index in [9.17, 15) is 9.59 Å². The van der Waals surface area contributed by atoms with Crippen LogP contribution in [0.1, 0.15) is 34.6 Å². The van der Waals surface area contributed by atoms with Gasteiger partial charge in [0.1, 0.15) is 18.4 Å². The molecule has 1 aromatic rings. The minimum atomic E-state index is -0.646. The van der Waals surface area contributed by atoms with Crippen LogP contribution in [0, 0.1) is 0 Å². The summed E-state index contributed by atoms with van der Waals surface area (Å²) in [4.78, 5) is 24.0. The highest BCUT2D eigenvalue weighted by molar-refractivity contribution is 5.93. The highest BCUT2D eigenvalue weighted by atomic mass is 16.5. The predicted octanol–water partition coefficient (Wildman–Crippen LogP) is 3.07. The molecule has 0 bridgehead atoms. The minimum absolute atomic E-state index is 0.240. The number of rotatable bonds is 6. The topological polar surface area (TPSA) is 79.5 Å². The molecule has 3 N–H and O–H groups in total. The Morgan fingerprint density at radius 2 is 1.96 bits per heavy atom. The Morgan fingerprint density at radius 3 is 2.54 bits per heavy atom. The molecule has 0 aliphatic carbocycles. The Morgan fingerprint density at radius 1 is 1.29 bits per heavy atom. The van der Waals surface area contributed by atoms with E-state index in [1.165, 1.54) is 0 Å². The first kappa shape index (κ1) is 19.5. The zero-order chi connectivity index (χ0) is 18.3. The van der Waals surface area contributed by atoms with Crippen molar-refractivity contribution in [3.05, 3.63) is 36.4 Å². The van der Waals surface area contributed by atoms with Crippen molar-refractivity contribution in [1.82, 2.24) is 10.6 Å². The number of anilines is 1. The van der Waals surface area contributed by atoms with Gasteiger partial charge in [-0.05, 0) is 52.3 Å². The predicted molar refractivity (Wildman–Crippen MR) is 96.3 cm³/mol. The summed E-state index contributed by atoms with van der Waals surface area (Å²) in [6.07, 6.45) is 0. The molecular weight excluding hydrogens is 306 g/mol. The van der Waals surface area contributed by atoms with Crippen LogP contribution in [-0.2, 0) is 4.79 Å². The Hall–Kier alpha value is -2.50. The first-order chi connectivity index (χ1) is 11.1. The largest absolute Gasteiger partial charge is 0.489 e. The second kappa shape index (κ2) is 8.38. The number of amides is 3. The molecule has 3 amide bonds. The van der Waals surface area contributed by atoms with Gasteiger partial charge >= 0.3 is 6.03 Å². The van der Waals surface area contributed by atoms with Crippen LogP contribution < -0.4 is 20.7 Å². The summed E-state index contributed by atoms with van der Waals surface area (Å²) >= 11 is 0. The number of carbonyl (C=O) groups excluding carboxylic acids is 2. The second-order valence-electron chi connectivity index (χ2n) is 6.83. The van der Waals surface area contributed by atoms with Gasteiger partial charge in [0, 0.05) is 17.3 Å². The molecule has 0 aliphatic heterocycles. The van der Waals surface area contributed by atoms with Crippen molar-refractivity contribution < 1.29 is 14.3 Å². The van der Waals surface area contributed by atoms with Crippen molar-refractivity contribution in [3.63, 3.8) is 0 Å². The van der Waals surface area contributed by atoms with Crippen LogP contribution in [0.5, 0.6) is 5.75 Å². The molecular formula is C18H27N3O3. The fourth-order valence-corrected chi connectivity index (χ4v) is 1.78. The van der Waals surface area contributed by atoms with E-state index in [1.54, 1.807) is 31.2 Å². The van der Waals surface area contributed by atoms with Crippen LogP contribution in [0.2, 0.25) is 0 Å². The number of hydrogen-bond acceptors (Lipinski definition) is 3. The second-order valence-corrected chi connectivity index (χ2v) is 6.83. The molecule has 0 saturated carbocycles. The summed E-state index contributed by atoms with van der Waals surface area (Å²) in [6, 6.07) is 5.93. The van der Waals surface area contributed by atoms with E-state index in [4.69, 9.17) is 4.74 Å². The number of nitrogens with one attached hydrogen (secondary N) is 3. The third kappa shape index (κ3) is 7.67. The quantitative estimate of drug-likeness (QED) is 0.700. The first-order valence-corrected chi connectivity index (χ1v) is 7.83. The van der Waals surface area contributed by atoms with E-state index in [0.717, 1.165) is 5.57 Å². The third-order valence-corrected chi connectivity index (χ3v) is 2.82. The monoisotopic (exact) mass is 333 g/mol. The SMILES string of the molecule is C=C(C)COc1cccc(NC(=O)N[C@@H](C)C(=O)NC(C)(C)C)c1. The molecule has 6 heteroatoms. The highest BCUT2D eigenvalue weighted by Gasteiger charge is 2.20. The zero-order valence-electron chi connectivity index (χ0n) is 15.0. The molecule has 0 aromatic heterocycles. The normalized spacial score (nSPS) is 12.0. The van der Waals surface area contributed by atoms with Gasteiger partial charge in [-0.15, -0.1) is 0 Å². The molecule has 132 valence electrons. The Balaban J connectivity index is 2.57. The maximum absolute atomic E-state index is 12.0. The maximum Gasteiger partial charge on any atom is 0.319 e. The van der Waals surface area contributed by atoms with Crippen LogP contribution in [0.25, 0.3) is 0 Å². The summed E-state index contributed by atoms with van der Waals surface area (Å²) in [7, 11) is 0. The third-order valence-electron chi connectivity index (χ3n) is 2.82. The average molecular weight is 333 g/mol. The van der Waals surface area contributed by atoms with Crippen molar-refractivity contribution in [2.24, 2.45) is 0 Å². The van der Waals surface area contributed by atoms with Crippen LogP contribution in [-0.4, -0.2) is 30.1 Å². The first-order valence-electron chi connectivity index (χ1n) is 7.83. The lowest BCUT2D eigenvalue weighted by molar-refractivity contribution is -0.123. The van der Waals surface area contributed by atoms with E-state index in [-0.39, 0.29) is 11.4 Å². The summed E-state index contributed by atoms with van der Waals surface area (Å²) in [5.41, 5.74) is 1.14. The molecule has 0 spiro atoms. The lowest BCUT2D eigenvalue weighted by atomic mass is 10.1. The van der Waals surface area contributed by atoms with Gasteiger partial charge in [-0.3, -0.25) is 4.79 Å². The molecule has 1 rings (SSSR count). The van der Waals surface area contributed by atoms with E-state index < -0.39 is 12.1 Å². The van der Waals surface area contributed by atoms with Crippen molar-refractivity contribution >= 4 is 17.6 Å². The lowest BCUT2D eigenvalue weighted by Crippen LogP contribution is -2.51. The van der Waals surface area contributed by atoms with Crippen molar-refractivity contribution in [1.29, 1.82) is 0 Å². The summed E-state index contributed by atoms with van der Waals surface area (Å²) in [5, 5.41) is 8.10. The van der Waals surface area contributed by atoms with Crippen LogP contribution in [0.3, 0.4) is 0 Å². The van der Waals surface area contributed by atoms with Crippen LogP contribution in [0.4, 0.5) is 10.5 Å². The summed E-state index contributed by atoms with van der Waals surface area (Å²) in [5.74, 6) is 0.394. The number of ether oxygens (including phenoxy) is 1. The van der Waals surface area contributed by atoms with E-state index in [1.807, 2.05) is 27.7 Å². The summed E-state index contributed by atoms with van der Waals surface area (Å²) in [6.45, 7) is 13.3. The van der Waals surface area contributed by atoms with Gasteiger partial charge in [0.15, 0.2) is 0 Å². The average Bonchev–Trinajstić information content (AvgIpc) is 2.43. The van der Waals surface area contributed by atoms with Gasteiger partial charge in [0.2, 0.25) is 5.91 Å². The molecule has 0 heterocycles. The lowest BCUT2D eigenvalue weighted by Gasteiger charge is -2.23. The fraction of sp³-hybridized carbons (Fsp3) is 0.444. The smallest absolute Gasteiger partial charge is 0.319 e. The molecule has 24 heavy (non-hydrogen) atoms. The van der Waals surface area contributed by atoms with E-state index >= 15 is 0 Å². The van der Waals surface area contributed by atoms with Gasteiger partial charge in [0.05, 0.1) is 0 Å². The van der Waals surface area contributed by atoms with Gasteiger partial charge in [0.25, 0.3) is 0 Å². The van der Waals surface area contributed by atoms with Crippen molar-refractivity contribution in [2.45, 2.75) is 46.2 Å². The Kier molecular flexibility index (Phi) is 6.82. The summed E-state index contributed by atoms with van der Waals surface area (Å²) < 4.78 is 5.53. The molecule has 1 atom stereocenters. The van der Waals surface area contributed by atoms with Crippen LogP contribution in [0.15, 0.2) is 36.4 Å². The van der Waals surface area contributed by atoms with E-state index in [0.29, 0.717) is 18.0 Å². The van der Waals surface area contributed by atoms with Crippen molar-refractivity contribution in [3.8, 4) is 5.75 Å². The molecule has 0 unspecified atom stereocenters. The molecule has 1 aromatic carbocycles. The van der Waals surface area contributed by atoms with Gasteiger partial charge < -0.3 is 20.7 Å². The molecule has 0 radical (unpaired) electrons. The zero-order valence-corrected chi connectivity index (χ0v) is 15.0. The van der Waals surface area contributed by atoms with Gasteiger partial charge in [-0.2, -0.15) is 0 Å². The molecule has 0 aliphatic rings. The minimum Gasteiger partial charge on any atom is -0.489 e. The number of carbonyl (C=O) groups is 2. The molecule has 0 fully saturated rings. The molecule has 0 saturated heterocycles. The number of benzene rings is 1. The Labute approximate surface area is 143 Å². The van der Waals surface area contributed by atoms with Gasteiger partial charge in [-0.1, -0.05) is 12.6 Å². The van der Waals surface area contributed by atoms with Crippen LogP contribution >= 0.6 is 0 Å². The standard InChI is InChI=1S/C18H27N3O3/c1-12(2)11-24-15-9-7-8-14(10-15)20-17(23)19-13(3)16(22)21-18(4,5)6/h7-10,13H,1,11H2,2-6H3,(H,21,22)(H2,19,20,23)/t13-/m0/s1. The van der Waals surface area contributed by atoms with E-state index in [2.05, 4.69) is 22.5 Å². The maximum atomic E-state index is 12.0. The molecule has 6 nitrogen and oxygen atoms in total.